The van der Waals surface area contributed by atoms with Crippen LogP contribution in [0.5, 0.6) is 0 Å². The molecule has 0 aliphatic carbocycles. The van der Waals surface area contributed by atoms with Crippen LogP contribution in [0.15, 0.2) is 20.9 Å². The van der Waals surface area contributed by atoms with Crippen LogP contribution >= 0.6 is 11.8 Å². The van der Waals surface area contributed by atoms with E-state index in [1.807, 2.05) is 13.1 Å². The highest BCUT2D eigenvalue weighted by Crippen LogP contribution is 2.44. The van der Waals surface area contributed by atoms with Gasteiger partial charge >= 0.3 is 0 Å². The summed E-state index contributed by atoms with van der Waals surface area (Å²) >= 11 is 1.78. The lowest BCUT2D eigenvalue weighted by atomic mass is 10.4. The standard InChI is InChI=1S/C10H13NOS2/c1-3-4-5-13-8-6-11-7(2)9-10(8)14(9)12/h6H,3-5H2,1-2H3. The van der Waals surface area contributed by atoms with Gasteiger partial charge in [0.25, 0.3) is 0 Å². The second kappa shape index (κ2) is 4.03. The quantitative estimate of drug-likeness (QED) is 0.457. The minimum atomic E-state index is -0.826. The molecule has 0 aromatic carbocycles. The first-order chi connectivity index (χ1) is 6.75. The fourth-order valence-electron chi connectivity index (χ4n) is 1.34. The molecule has 0 amide bonds. The molecule has 2 heterocycles. The summed E-state index contributed by atoms with van der Waals surface area (Å²) in [5.74, 6) is 1.10. The zero-order chi connectivity index (χ0) is 10.1. The lowest BCUT2D eigenvalue weighted by Crippen LogP contribution is -1.81. The van der Waals surface area contributed by atoms with Crippen molar-refractivity contribution >= 4 is 22.6 Å². The molecule has 1 aromatic rings. The SMILES string of the molecule is CCCCSc1cnc(C)c2c1S2=O. The Labute approximate surface area is 91.0 Å². The van der Waals surface area contributed by atoms with E-state index in [9.17, 15) is 4.21 Å². The first-order valence-corrected chi connectivity index (χ1v) is 6.93. The predicted molar refractivity (Wildman–Crippen MR) is 59.3 cm³/mol. The molecule has 4 heteroatoms. The summed E-state index contributed by atoms with van der Waals surface area (Å²) in [6.45, 7) is 4.10. The Balaban J connectivity index is 2.11. The smallest absolute Gasteiger partial charge is 0.0906 e. The monoisotopic (exact) mass is 227 g/mol. The Morgan fingerprint density at radius 3 is 3.00 bits per heavy atom. The van der Waals surface area contributed by atoms with E-state index in [1.165, 1.54) is 12.8 Å². The molecule has 1 aliphatic rings. The van der Waals surface area contributed by atoms with Crippen molar-refractivity contribution in [1.29, 1.82) is 0 Å². The Hall–Kier alpha value is -0.350. The average molecular weight is 227 g/mol. The van der Waals surface area contributed by atoms with E-state index >= 15 is 0 Å². The maximum Gasteiger partial charge on any atom is 0.0906 e. The third-order valence-electron chi connectivity index (χ3n) is 2.22. The Morgan fingerprint density at radius 1 is 1.50 bits per heavy atom. The van der Waals surface area contributed by atoms with Gasteiger partial charge in [-0.05, 0) is 19.1 Å². The molecular formula is C10H13NOS2. The molecule has 0 saturated carbocycles. The second-order valence-electron chi connectivity index (χ2n) is 3.34. The Morgan fingerprint density at radius 2 is 2.29 bits per heavy atom. The number of thioether (sulfide) groups is 1. The number of aromatic nitrogens is 1. The van der Waals surface area contributed by atoms with Gasteiger partial charge < -0.3 is 0 Å². The first kappa shape index (κ1) is 10.2. The molecule has 1 atom stereocenters. The second-order valence-corrected chi connectivity index (χ2v) is 5.83. The molecule has 1 unspecified atom stereocenters. The normalized spacial score (nSPS) is 18.0. The fraction of sp³-hybridized carbons (Fsp3) is 0.500. The van der Waals surface area contributed by atoms with Gasteiger partial charge in [-0.2, -0.15) is 0 Å². The highest BCUT2D eigenvalue weighted by atomic mass is 32.2. The average Bonchev–Trinajstić information content (AvgIpc) is 2.84. The van der Waals surface area contributed by atoms with Crippen LogP contribution in [-0.4, -0.2) is 14.9 Å². The first-order valence-electron chi connectivity index (χ1n) is 4.80. The molecule has 1 aliphatic heterocycles. The van der Waals surface area contributed by atoms with Gasteiger partial charge in [0.05, 0.1) is 26.3 Å². The van der Waals surface area contributed by atoms with Gasteiger partial charge in [0.1, 0.15) is 0 Å². The zero-order valence-electron chi connectivity index (χ0n) is 8.37. The summed E-state index contributed by atoms with van der Waals surface area (Å²) in [5, 5.41) is 0. The number of aryl methyl sites for hydroxylation is 1. The van der Waals surface area contributed by atoms with Crippen molar-refractivity contribution in [2.24, 2.45) is 0 Å². The summed E-state index contributed by atoms with van der Waals surface area (Å²) in [7, 11) is -0.826. The van der Waals surface area contributed by atoms with Crippen LogP contribution < -0.4 is 0 Å². The number of pyridine rings is 1. The number of fused-ring (bicyclic) bond motifs is 1. The lowest BCUT2D eigenvalue weighted by Gasteiger charge is -1.97. The van der Waals surface area contributed by atoms with Gasteiger partial charge in [0, 0.05) is 11.1 Å². The van der Waals surface area contributed by atoms with Gasteiger partial charge in [0.15, 0.2) is 0 Å². The van der Waals surface area contributed by atoms with Crippen LogP contribution in [-0.2, 0) is 10.8 Å². The maximum absolute atomic E-state index is 11.5. The summed E-state index contributed by atoms with van der Waals surface area (Å²) < 4.78 is 11.5. The van der Waals surface area contributed by atoms with Crippen molar-refractivity contribution in [2.75, 3.05) is 5.75 Å². The molecule has 14 heavy (non-hydrogen) atoms. The number of hydrogen-bond donors (Lipinski definition) is 0. The van der Waals surface area contributed by atoms with Crippen LogP contribution in [0.2, 0.25) is 0 Å². The number of nitrogens with zero attached hydrogens (tertiary/aromatic N) is 1. The third kappa shape index (κ3) is 1.73. The molecule has 0 N–H and O–H groups in total. The predicted octanol–water partition coefficient (Wildman–Crippen LogP) is 2.76. The summed E-state index contributed by atoms with van der Waals surface area (Å²) in [5.41, 5.74) is 0.929. The molecule has 76 valence electrons. The zero-order valence-corrected chi connectivity index (χ0v) is 10.0. The van der Waals surface area contributed by atoms with Crippen molar-refractivity contribution in [3.63, 3.8) is 0 Å². The molecular weight excluding hydrogens is 214 g/mol. The maximum atomic E-state index is 11.5. The molecule has 1 aromatic heterocycles. The topological polar surface area (TPSA) is 30.0 Å². The van der Waals surface area contributed by atoms with Crippen LogP contribution in [0.3, 0.4) is 0 Å². The lowest BCUT2D eigenvalue weighted by molar-refractivity contribution is 0.692. The highest BCUT2D eigenvalue weighted by Gasteiger charge is 2.35. The largest absolute Gasteiger partial charge is 0.259 e. The van der Waals surface area contributed by atoms with E-state index < -0.39 is 10.8 Å². The van der Waals surface area contributed by atoms with Gasteiger partial charge in [0.2, 0.25) is 0 Å². The summed E-state index contributed by atoms with van der Waals surface area (Å²) in [6, 6.07) is 0. The van der Waals surface area contributed by atoms with Crippen molar-refractivity contribution < 1.29 is 4.21 Å². The number of unbranched alkanes of at least 4 members (excludes halogenated alkanes) is 1. The molecule has 0 radical (unpaired) electrons. The fourth-order valence-corrected chi connectivity index (χ4v) is 4.01. The molecule has 0 fully saturated rings. The molecule has 0 spiro atoms. The van der Waals surface area contributed by atoms with Gasteiger partial charge in [-0.1, -0.05) is 13.3 Å². The minimum absolute atomic E-state index is 0.826. The molecule has 0 bridgehead atoms. The van der Waals surface area contributed by atoms with E-state index in [1.54, 1.807) is 11.8 Å². The van der Waals surface area contributed by atoms with Crippen LogP contribution in [0.4, 0.5) is 0 Å². The minimum Gasteiger partial charge on any atom is -0.259 e. The number of rotatable bonds is 4. The molecule has 0 saturated heterocycles. The highest BCUT2D eigenvalue weighted by molar-refractivity contribution is 8.00. The molecule has 2 nitrogen and oxygen atoms in total. The van der Waals surface area contributed by atoms with E-state index in [2.05, 4.69) is 11.9 Å². The summed E-state index contributed by atoms with van der Waals surface area (Å²) in [6.07, 6.45) is 4.27. The van der Waals surface area contributed by atoms with Gasteiger partial charge in [-0.25, -0.2) is 4.21 Å². The van der Waals surface area contributed by atoms with E-state index in [4.69, 9.17) is 0 Å². The van der Waals surface area contributed by atoms with Crippen molar-refractivity contribution in [1.82, 2.24) is 4.98 Å². The van der Waals surface area contributed by atoms with Crippen LogP contribution in [0, 0.1) is 6.92 Å². The summed E-state index contributed by atoms with van der Waals surface area (Å²) in [4.78, 5) is 7.39. The van der Waals surface area contributed by atoms with Crippen molar-refractivity contribution in [2.45, 2.75) is 41.4 Å². The third-order valence-corrected chi connectivity index (χ3v) is 4.92. The van der Waals surface area contributed by atoms with E-state index in [-0.39, 0.29) is 0 Å². The van der Waals surface area contributed by atoms with E-state index in [0.29, 0.717) is 0 Å². The molecule has 2 rings (SSSR count). The number of hydrogen-bond acceptors (Lipinski definition) is 3. The van der Waals surface area contributed by atoms with E-state index in [0.717, 1.165) is 26.1 Å². The van der Waals surface area contributed by atoms with Gasteiger partial charge in [-0.3, -0.25) is 4.98 Å². The Bertz CT molecular complexity index is 390. The Kier molecular flexibility index (Phi) is 2.93. The van der Waals surface area contributed by atoms with Crippen molar-refractivity contribution in [3.05, 3.63) is 11.9 Å². The van der Waals surface area contributed by atoms with Crippen molar-refractivity contribution in [3.8, 4) is 0 Å². The van der Waals surface area contributed by atoms with Gasteiger partial charge in [-0.15, -0.1) is 11.8 Å². The van der Waals surface area contributed by atoms with Crippen LogP contribution in [0.25, 0.3) is 0 Å². The van der Waals surface area contributed by atoms with Crippen LogP contribution in [0.1, 0.15) is 25.5 Å².